The lowest BCUT2D eigenvalue weighted by molar-refractivity contribution is -0.138. The fourth-order valence-corrected chi connectivity index (χ4v) is 4.22. The van der Waals surface area contributed by atoms with Gasteiger partial charge in [0, 0.05) is 16.3 Å². The quantitative estimate of drug-likeness (QED) is 0.376. The van der Waals surface area contributed by atoms with Crippen LogP contribution in [0.2, 0.25) is 5.02 Å². The Morgan fingerprint density at radius 1 is 1.16 bits per heavy atom. The van der Waals surface area contributed by atoms with Gasteiger partial charge in [-0.15, -0.1) is 0 Å². The number of thioether (sulfide) groups is 1. The van der Waals surface area contributed by atoms with Gasteiger partial charge < -0.3 is 10.5 Å². The van der Waals surface area contributed by atoms with Crippen molar-refractivity contribution in [3.63, 3.8) is 0 Å². The Labute approximate surface area is 195 Å². The number of halogens is 1. The molecule has 0 radical (unpaired) electrons. The number of anilines is 1. The van der Waals surface area contributed by atoms with Crippen LogP contribution in [0.15, 0.2) is 75.9 Å². The van der Waals surface area contributed by atoms with Crippen LogP contribution in [0.1, 0.15) is 18.1 Å². The van der Waals surface area contributed by atoms with Gasteiger partial charge in [0.1, 0.15) is 28.6 Å². The molecule has 160 valence electrons. The highest BCUT2D eigenvalue weighted by Gasteiger charge is 2.30. The maximum absolute atomic E-state index is 12.6. The van der Waals surface area contributed by atoms with E-state index in [4.69, 9.17) is 22.1 Å². The van der Waals surface area contributed by atoms with Crippen LogP contribution in [0.25, 0.3) is 5.57 Å². The minimum absolute atomic E-state index is 0.0922. The zero-order chi connectivity index (χ0) is 23.3. The van der Waals surface area contributed by atoms with Gasteiger partial charge in [-0.05, 0) is 49.1 Å². The molecule has 0 spiro atoms. The molecular weight excluding hydrogens is 444 g/mol. The first-order valence-corrected chi connectivity index (χ1v) is 10.9. The summed E-state index contributed by atoms with van der Waals surface area (Å²) in [5.41, 5.74) is 9.43. The van der Waals surface area contributed by atoms with Crippen molar-refractivity contribution in [3.05, 3.63) is 92.1 Å². The second-order valence-electron chi connectivity index (χ2n) is 6.71. The molecule has 0 saturated carbocycles. The summed E-state index contributed by atoms with van der Waals surface area (Å²) in [5, 5.41) is 22.3. The summed E-state index contributed by atoms with van der Waals surface area (Å²) in [4.78, 5) is 14.1. The Morgan fingerprint density at radius 3 is 2.38 bits per heavy atom. The van der Waals surface area contributed by atoms with E-state index >= 15 is 0 Å². The number of aryl methyl sites for hydroxylation is 1. The summed E-state index contributed by atoms with van der Waals surface area (Å²) in [6.07, 6.45) is 0. The number of carbonyl (C=O) groups is 1. The van der Waals surface area contributed by atoms with Crippen LogP contribution < -0.4 is 10.6 Å². The lowest BCUT2D eigenvalue weighted by atomic mass is 10.00. The Morgan fingerprint density at radius 2 is 1.81 bits per heavy atom. The van der Waals surface area contributed by atoms with Gasteiger partial charge in [-0.25, -0.2) is 4.79 Å². The minimum Gasteiger partial charge on any atom is -0.462 e. The highest BCUT2D eigenvalue weighted by atomic mass is 35.5. The van der Waals surface area contributed by atoms with Gasteiger partial charge in [0.15, 0.2) is 5.57 Å². The number of hydrogen-bond donors (Lipinski definition) is 1. The molecule has 6 nitrogen and oxygen atoms in total. The Balaban J connectivity index is 2.31. The summed E-state index contributed by atoms with van der Waals surface area (Å²) in [5.74, 6) is -0.668. The van der Waals surface area contributed by atoms with Gasteiger partial charge >= 0.3 is 5.97 Å². The Hall–Kier alpha value is -3.65. The SMILES string of the molecule is CCOC(=O)/C(C#N)=C1/SC=C(c2ccc(Cl)cc2)C(C#N)=C(N)N1c1ccc(C)cc1. The van der Waals surface area contributed by atoms with Gasteiger partial charge in [-0.3, -0.25) is 4.90 Å². The largest absolute Gasteiger partial charge is 0.462 e. The van der Waals surface area contributed by atoms with Gasteiger partial charge in [-0.1, -0.05) is 53.2 Å². The van der Waals surface area contributed by atoms with E-state index in [0.717, 1.165) is 22.9 Å². The normalized spacial score (nSPS) is 15.3. The third-order valence-electron chi connectivity index (χ3n) is 4.62. The first-order chi connectivity index (χ1) is 15.4. The number of hydrogen-bond acceptors (Lipinski definition) is 7. The molecule has 0 amide bonds. The summed E-state index contributed by atoms with van der Waals surface area (Å²) < 4.78 is 5.09. The maximum atomic E-state index is 12.6. The molecule has 0 saturated heterocycles. The van der Waals surface area contributed by atoms with Gasteiger partial charge in [-0.2, -0.15) is 10.5 Å². The molecule has 0 aromatic heterocycles. The molecule has 0 fully saturated rings. The number of esters is 1. The molecule has 8 heteroatoms. The Bertz CT molecular complexity index is 1220. The first kappa shape index (κ1) is 23.0. The summed E-state index contributed by atoms with van der Waals surface area (Å²) in [6.45, 7) is 3.72. The lowest BCUT2D eigenvalue weighted by Gasteiger charge is -2.26. The monoisotopic (exact) mass is 462 g/mol. The molecule has 0 aliphatic carbocycles. The van der Waals surface area contributed by atoms with Crippen molar-refractivity contribution >= 4 is 40.6 Å². The average molecular weight is 463 g/mol. The third-order valence-corrected chi connectivity index (χ3v) is 5.84. The van der Waals surface area contributed by atoms with Crippen molar-refractivity contribution < 1.29 is 9.53 Å². The molecule has 1 aliphatic heterocycles. The molecule has 0 bridgehead atoms. The number of allylic oxidation sites excluding steroid dienone is 2. The van der Waals surface area contributed by atoms with Crippen molar-refractivity contribution in [1.29, 1.82) is 10.5 Å². The maximum Gasteiger partial charge on any atom is 0.351 e. The fraction of sp³-hybridized carbons (Fsp3) is 0.125. The summed E-state index contributed by atoms with van der Waals surface area (Å²) in [6, 6.07) is 18.5. The standard InChI is InChI=1S/C24H19ClN4O2S/c1-3-31-24(30)20(13-27)23-29(18-10-4-15(2)5-11-18)22(28)19(12-26)21(14-32-23)16-6-8-17(25)9-7-16/h4-11,14H,3,28H2,1-2H3/b23-20+. The van der Waals surface area contributed by atoms with E-state index in [1.165, 1.54) is 4.90 Å². The first-order valence-electron chi connectivity index (χ1n) is 9.62. The lowest BCUT2D eigenvalue weighted by Crippen LogP contribution is -2.29. The van der Waals surface area contributed by atoms with E-state index in [0.29, 0.717) is 16.3 Å². The predicted molar refractivity (Wildman–Crippen MR) is 127 cm³/mol. The molecule has 2 aromatic rings. The van der Waals surface area contributed by atoms with Crippen molar-refractivity contribution in [2.24, 2.45) is 5.73 Å². The van der Waals surface area contributed by atoms with Gasteiger partial charge in [0.05, 0.1) is 6.61 Å². The van der Waals surface area contributed by atoms with Crippen molar-refractivity contribution in [2.45, 2.75) is 13.8 Å². The Kier molecular flexibility index (Phi) is 7.27. The molecule has 2 N–H and O–H groups in total. The molecule has 3 rings (SSSR count). The van der Waals surface area contributed by atoms with Gasteiger partial charge in [0.2, 0.25) is 0 Å². The molecule has 2 aromatic carbocycles. The second kappa shape index (κ2) is 10.1. The number of carbonyl (C=O) groups excluding carboxylic acids is 1. The van der Waals surface area contributed by atoms with E-state index in [1.54, 1.807) is 36.6 Å². The van der Waals surface area contributed by atoms with E-state index in [2.05, 4.69) is 6.07 Å². The van der Waals surface area contributed by atoms with E-state index in [1.807, 2.05) is 37.3 Å². The smallest absolute Gasteiger partial charge is 0.351 e. The highest BCUT2D eigenvalue weighted by Crippen LogP contribution is 2.41. The topological polar surface area (TPSA) is 103 Å². The molecule has 0 atom stereocenters. The number of nitriles is 2. The predicted octanol–water partition coefficient (Wildman–Crippen LogP) is 5.23. The second-order valence-corrected chi connectivity index (χ2v) is 8.01. The van der Waals surface area contributed by atoms with Crippen LogP contribution in [-0.4, -0.2) is 12.6 Å². The van der Waals surface area contributed by atoms with Crippen LogP contribution >= 0.6 is 23.4 Å². The van der Waals surface area contributed by atoms with Gasteiger partial charge in [0.25, 0.3) is 0 Å². The van der Waals surface area contributed by atoms with Crippen molar-refractivity contribution in [2.75, 3.05) is 11.5 Å². The molecule has 0 unspecified atom stereocenters. The average Bonchev–Trinajstić information content (AvgIpc) is 2.92. The summed E-state index contributed by atoms with van der Waals surface area (Å²) in [7, 11) is 0. The molecule has 1 heterocycles. The molecular formula is C24H19ClN4O2S. The number of nitrogens with two attached hydrogens (primary N) is 1. The highest BCUT2D eigenvalue weighted by molar-refractivity contribution is 8.06. The molecule has 1 aliphatic rings. The zero-order valence-corrected chi connectivity index (χ0v) is 19.0. The van der Waals surface area contributed by atoms with Crippen LogP contribution in [0.5, 0.6) is 0 Å². The third kappa shape index (κ3) is 4.65. The van der Waals surface area contributed by atoms with Crippen molar-refractivity contribution in [1.82, 2.24) is 0 Å². The van der Waals surface area contributed by atoms with Crippen LogP contribution in [-0.2, 0) is 9.53 Å². The fourth-order valence-electron chi connectivity index (χ4n) is 3.05. The minimum atomic E-state index is -0.760. The number of nitrogens with zero attached hydrogens (tertiary/aromatic N) is 3. The zero-order valence-electron chi connectivity index (χ0n) is 17.4. The van der Waals surface area contributed by atoms with Crippen LogP contribution in [0.3, 0.4) is 0 Å². The van der Waals surface area contributed by atoms with Crippen molar-refractivity contribution in [3.8, 4) is 12.1 Å². The number of rotatable bonds is 4. The summed E-state index contributed by atoms with van der Waals surface area (Å²) >= 11 is 7.14. The number of benzene rings is 2. The van der Waals surface area contributed by atoms with Crippen LogP contribution in [0.4, 0.5) is 5.69 Å². The molecule has 32 heavy (non-hydrogen) atoms. The van der Waals surface area contributed by atoms with E-state index in [9.17, 15) is 15.3 Å². The van der Waals surface area contributed by atoms with E-state index in [-0.39, 0.29) is 28.6 Å². The number of ether oxygens (including phenoxy) is 1. The van der Waals surface area contributed by atoms with E-state index < -0.39 is 5.97 Å². The van der Waals surface area contributed by atoms with Crippen LogP contribution in [0, 0.1) is 29.6 Å².